The van der Waals surface area contributed by atoms with E-state index in [2.05, 4.69) is 22.5 Å². The fourth-order valence-electron chi connectivity index (χ4n) is 3.43. The van der Waals surface area contributed by atoms with Gasteiger partial charge in [0.2, 0.25) is 11.8 Å². The first-order valence-electron chi connectivity index (χ1n) is 8.28. The van der Waals surface area contributed by atoms with E-state index in [1.54, 1.807) is 11.3 Å². The molecule has 2 heterocycles. The third-order valence-corrected chi connectivity index (χ3v) is 5.77. The second-order valence-electron chi connectivity index (χ2n) is 6.62. The van der Waals surface area contributed by atoms with Crippen LogP contribution in [-0.4, -0.2) is 16.8 Å². The van der Waals surface area contributed by atoms with E-state index in [0.29, 0.717) is 11.0 Å². The van der Waals surface area contributed by atoms with Crippen molar-refractivity contribution in [3.63, 3.8) is 0 Å². The van der Waals surface area contributed by atoms with Crippen molar-refractivity contribution in [3.8, 4) is 0 Å². The van der Waals surface area contributed by atoms with Crippen LogP contribution in [0, 0.1) is 5.92 Å². The Hall–Kier alpha value is -2.21. The fourth-order valence-corrected chi connectivity index (χ4v) is 4.61. The van der Waals surface area contributed by atoms with E-state index in [0.717, 1.165) is 36.2 Å². The van der Waals surface area contributed by atoms with E-state index in [-0.39, 0.29) is 18.2 Å². The molecule has 1 aliphatic carbocycles. The molecular formula is C18H19N3O2S. The number of carbonyl (C=O) groups excluding carboxylic acids is 2. The molecule has 1 aliphatic heterocycles. The number of fused-ring (bicyclic) bond motifs is 2. The number of benzene rings is 1. The van der Waals surface area contributed by atoms with Gasteiger partial charge in [-0.3, -0.25) is 9.59 Å². The smallest absolute Gasteiger partial charge is 0.234 e. The van der Waals surface area contributed by atoms with Gasteiger partial charge in [0.25, 0.3) is 0 Å². The molecule has 0 radical (unpaired) electrons. The fraction of sp³-hybridized carbons (Fsp3) is 0.389. The zero-order valence-corrected chi connectivity index (χ0v) is 14.3. The summed E-state index contributed by atoms with van der Waals surface area (Å²) in [6, 6.07) is 7.47. The summed E-state index contributed by atoms with van der Waals surface area (Å²) in [7, 11) is 0. The number of rotatable bonds is 2. The van der Waals surface area contributed by atoms with Crippen LogP contribution in [0.2, 0.25) is 0 Å². The van der Waals surface area contributed by atoms with Crippen molar-refractivity contribution in [2.24, 2.45) is 5.92 Å². The van der Waals surface area contributed by atoms with Gasteiger partial charge in [-0.15, -0.1) is 11.3 Å². The Morgan fingerprint density at radius 3 is 3.04 bits per heavy atom. The lowest BCUT2D eigenvalue weighted by atomic mass is 9.90. The van der Waals surface area contributed by atoms with Crippen molar-refractivity contribution in [2.45, 2.75) is 38.5 Å². The molecule has 5 nitrogen and oxygen atoms in total. The van der Waals surface area contributed by atoms with Gasteiger partial charge in [0.05, 0.1) is 11.6 Å². The number of anilines is 2. The van der Waals surface area contributed by atoms with E-state index < -0.39 is 5.92 Å². The second-order valence-corrected chi connectivity index (χ2v) is 7.70. The topological polar surface area (TPSA) is 71.1 Å². The normalized spacial score (nSPS) is 22.3. The summed E-state index contributed by atoms with van der Waals surface area (Å²) < 4.78 is 0. The van der Waals surface area contributed by atoms with Crippen molar-refractivity contribution in [1.82, 2.24) is 4.98 Å². The predicted octanol–water partition coefficient (Wildman–Crippen LogP) is 3.33. The van der Waals surface area contributed by atoms with Gasteiger partial charge in [-0.2, -0.15) is 0 Å². The van der Waals surface area contributed by atoms with Crippen LogP contribution in [0.15, 0.2) is 24.3 Å². The van der Waals surface area contributed by atoms with Crippen LogP contribution >= 0.6 is 11.3 Å². The number of nitrogens with one attached hydrogen (secondary N) is 2. The van der Waals surface area contributed by atoms with Crippen LogP contribution in [0.4, 0.5) is 10.8 Å². The Labute approximate surface area is 144 Å². The molecule has 2 aliphatic rings. The van der Waals surface area contributed by atoms with Gasteiger partial charge in [0, 0.05) is 17.0 Å². The minimum Gasteiger partial charge on any atom is -0.326 e. The van der Waals surface area contributed by atoms with Crippen molar-refractivity contribution < 1.29 is 9.59 Å². The van der Waals surface area contributed by atoms with E-state index >= 15 is 0 Å². The molecule has 0 saturated heterocycles. The lowest BCUT2D eigenvalue weighted by Gasteiger charge is -2.24. The number of hydrogen-bond donors (Lipinski definition) is 2. The number of aryl methyl sites for hydroxylation is 1. The van der Waals surface area contributed by atoms with Crippen LogP contribution < -0.4 is 10.6 Å². The molecule has 0 saturated carbocycles. The standard InChI is InChI=1S/C18H19N3O2S/c1-10-6-7-14-15(8-10)24-18(20-14)21-17(23)12-9-16(22)19-13-5-3-2-4-11(12)13/h2-5,10,12H,6-9H2,1H3,(H,19,22)(H,20,21,23)/t10-,12-/m0/s1. The number of hydrogen-bond acceptors (Lipinski definition) is 4. The third kappa shape index (κ3) is 2.82. The van der Waals surface area contributed by atoms with E-state index in [9.17, 15) is 9.59 Å². The molecular weight excluding hydrogens is 322 g/mol. The molecule has 24 heavy (non-hydrogen) atoms. The van der Waals surface area contributed by atoms with Crippen LogP contribution in [-0.2, 0) is 22.4 Å². The first-order chi connectivity index (χ1) is 11.6. The summed E-state index contributed by atoms with van der Waals surface area (Å²) in [5, 5.41) is 6.41. The molecule has 2 aromatic rings. The van der Waals surface area contributed by atoms with Crippen LogP contribution in [0.1, 0.15) is 41.8 Å². The summed E-state index contributed by atoms with van der Waals surface area (Å²) in [5.41, 5.74) is 2.71. The zero-order valence-electron chi connectivity index (χ0n) is 13.5. The Bertz CT molecular complexity index is 814. The first-order valence-corrected chi connectivity index (χ1v) is 9.10. The molecule has 1 aromatic heterocycles. The quantitative estimate of drug-likeness (QED) is 0.880. The Morgan fingerprint density at radius 1 is 1.33 bits per heavy atom. The van der Waals surface area contributed by atoms with Gasteiger partial charge in [-0.25, -0.2) is 4.98 Å². The first kappa shape index (κ1) is 15.3. The maximum Gasteiger partial charge on any atom is 0.234 e. The highest BCUT2D eigenvalue weighted by Crippen LogP contribution is 2.35. The zero-order chi connectivity index (χ0) is 16.7. The van der Waals surface area contributed by atoms with Crippen LogP contribution in [0.5, 0.6) is 0 Å². The molecule has 0 spiro atoms. The van der Waals surface area contributed by atoms with Crippen molar-refractivity contribution in [2.75, 3.05) is 10.6 Å². The summed E-state index contributed by atoms with van der Waals surface area (Å²) in [6.07, 6.45) is 3.35. The summed E-state index contributed by atoms with van der Waals surface area (Å²) >= 11 is 1.57. The molecule has 2 amide bonds. The van der Waals surface area contributed by atoms with Gasteiger partial charge in [0.15, 0.2) is 5.13 Å². The molecule has 4 rings (SSSR count). The summed E-state index contributed by atoms with van der Waals surface area (Å²) in [4.78, 5) is 30.5. The molecule has 0 fully saturated rings. The SMILES string of the molecule is C[C@H]1CCc2nc(NC(=O)[C@H]3CC(=O)Nc4ccccc43)sc2C1. The van der Waals surface area contributed by atoms with E-state index in [1.807, 2.05) is 24.3 Å². The van der Waals surface area contributed by atoms with Crippen molar-refractivity contribution in [3.05, 3.63) is 40.4 Å². The Kier molecular flexibility index (Phi) is 3.84. The molecule has 0 unspecified atom stereocenters. The molecule has 1 aromatic carbocycles. The highest BCUT2D eigenvalue weighted by molar-refractivity contribution is 7.15. The van der Waals surface area contributed by atoms with E-state index in [4.69, 9.17) is 0 Å². The van der Waals surface area contributed by atoms with Gasteiger partial charge in [-0.1, -0.05) is 25.1 Å². The highest BCUT2D eigenvalue weighted by Gasteiger charge is 2.31. The second kappa shape index (κ2) is 6.02. The van der Waals surface area contributed by atoms with Gasteiger partial charge < -0.3 is 10.6 Å². The van der Waals surface area contributed by atoms with Gasteiger partial charge in [0.1, 0.15) is 0 Å². The summed E-state index contributed by atoms with van der Waals surface area (Å²) in [6.45, 7) is 2.25. The van der Waals surface area contributed by atoms with Crippen LogP contribution in [0.25, 0.3) is 0 Å². The minimum absolute atomic E-state index is 0.124. The van der Waals surface area contributed by atoms with Crippen molar-refractivity contribution in [1.29, 1.82) is 0 Å². The molecule has 0 bridgehead atoms. The number of carbonyl (C=O) groups is 2. The monoisotopic (exact) mass is 341 g/mol. The van der Waals surface area contributed by atoms with Crippen molar-refractivity contribution >= 4 is 34.0 Å². The lowest BCUT2D eigenvalue weighted by molar-refractivity contribution is -0.123. The number of aromatic nitrogens is 1. The number of thiazole rings is 1. The lowest BCUT2D eigenvalue weighted by Crippen LogP contribution is -2.30. The third-order valence-electron chi connectivity index (χ3n) is 4.73. The maximum atomic E-state index is 12.7. The Balaban J connectivity index is 1.56. The minimum atomic E-state index is -0.463. The molecule has 6 heteroatoms. The van der Waals surface area contributed by atoms with E-state index in [1.165, 1.54) is 4.88 Å². The highest BCUT2D eigenvalue weighted by atomic mass is 32.1. The van der Waals surface area contributed by atoms with Gasteiger partial charge >= 0.3 is 0 Å². The van der Waals surface area contributed by atoms with Gasteiger partial charge in [-0.05, 0) is 36.8 Å². The predicted molar refractivity (Wildman–Crippen MR) is 94.4 cm³/mol. The largest absolute Gasteiger partial charge is 0.326 e. The number of amides is 2. The maximum absolute atomic E-state index is 12.7. The molecule has 2 atom stereocenters. The Morgan fingerprint density at radius 2 is 2.17 bits per heavy atom. The summed E-state index contributed by atoms with van der Waals surface area (Å²) in [5.74, 6) is -0.0669. The number of para-hydroxylation sites is 1. The average Bonchev–Trinajstić information content (AvgIpc) is 2.95. The number of nitrogens with zero attached hydrogens (tertiary/aromatic N) is 1. The average molecular weight is 341 g/mol. The molecule has 124 valence electrons. The molecule has 2 N–H and O–H groups in total. The van der Waals surface area contributed by atoms with Crippen LogP contribution in [0.3, 0.4) is 0 Å².